The third-order valence-electron chi connectivity index (χ3n) is 6.40. The topological polar surface area (TPSA) is 111 Å². The van der Waals surface area contributed by atoms with Crippen LogP contribution in [0.4, 0.5) is 17.5 Å². The summed E-state index contributed by atoms with van der Waals surface area (Å²) in [5, 5.41) is 11.3. The van der Waals surface area contributed by atoms with Crippen LogP contribution in [0.3, 0.4) is 0 Å². The van der Waals surface area contributed by atoms with Gasteiger partial charge in [-0.1, -0.05) is 48.0 Å². The number of nitrogens with zero attached hydrogens (tertiary/aromatic N) is 7. The molecule has 1 aromatic carbocycles. The molecular weight excluding hydrogens is 643 g/mol. The molecule has 264 valence electrons. The Kier molecular flexibility index (Phi) is 16.1. The summed E-state index contributed by atoms with van der Waals surface area (Å²) < 4.78 is 11.2. The number of thioether (sulfide) groups is 1. The SMILES string of the molecule is CC(C)(C)C.CCC.COc1c(Nc2cc(C)[nH]n2)nc(Sc2ccc(SCc3ncco3)cc2)nc1N1CCN(CCN(C)C)CC1. The Labute approximate surface area is 296 Å². The molecule has 1 saturated heterocycles. The van der Waals surface area contributed by atoms with Gasteiger partial charge in [-0.15, -0.1) is 11.8 Å². The van der Waals surface area contributed by atoms with Gasteiger partial charge in [-0.05, 0) is 62.5 Å². The largest absolute Gasteiger partial charge is 0.490 e. The maximum absolute atomic E-state index is 5.88. The fraction of sp³-hybridized carbons (Fsp3) is 0.543. The monoisotopic (exact) mass is 697 g/mol. The van der Waals surface area contributed by atoms with Crippen LogP contribution >= 0.6 is 23.5 Å². The number of aromatic amines is 1. The first-order valence-electron chi connectivity index (χ1n) is 16.5. The van der Waals surface area contributed by atoms with Crippen molar-refractivity contribution in [3.8, 4) is 5.75 Å². The van der Waals surface area contributed by atoms with Crippen LogP contribution in [-0.2, 0) is 5.75 Å². The zero-order valence-corrected chi connectivity index (χ0v) is 32.1. The molecule has 0 atom stereocenters. The number of hydrogen-bond acceptors (Lipinski definition) is 12. The Bertz CT molecular complexity index is 1460. The molecule has 1 aliphatic heterocycles. The van der Waals surface area contributed by atoms with Crippen molar-refractivity contribution in [3.63, 3.8) is 0 Å². The van der Waals surface area contributed by atoms with E-state index in [0.717, 1.165) is 60.6 Å². The van der Waals surface area contributed by atoms with E-state index in [4.69, 9.17) is 19.1 Å². The van der Waals surface area contributed by atoms with E-state index in [1.54, 1.807) is 31.3 Å². The Balaban J connectivity index is 0.000000705. The summed E-state index contributed by atoms with van der Waals surface area (Å²) in [6.45, 7) is 20.7. The zero-order chi connectivity index (χ0) is 35.1. The highest BCUT2D eigenvalue weighted by atomic mass is 32.2. The molecule has 13 heteroatoms. The second-order valence-corrected chi connectivity index (χ2v) is 15.5. The van der Waals surface area contributed by atoms with Crippen LogP contribution in [0.5, 0.6) is 5.75 Å². The highest BCUT2D eigenvalue weighted by Gasteiger charge is 2.25. The van der Waals surface area contributed by atoms with Gasteiger partial charge in [0, 0.05) is 60.8 Å². The number of rotatable bonds is 12. The van der Waals surface area contributed by atoms with Gasteiger partial charge in [-0.25, -0.2) is 15.0 Å². The highest BCUT2D eigenvalue weighted by molar-refractivity contribution is 7.99. The number of H-pyrrole nitrogens is 1. The summed E-state index contributed by atoms with van der Waals surface area (Å²) in [4.78, 5) is 23.2. The van der Waals surface area contributed by atoms with Gasteiger partial charge in [0.15, 0.2) is 22.6 Å². The quantitative estimate of drug-likeness (QED) is 0.111. The molecule has 0 saturated carbocycles. The van der Waals surface area contributed by atoms with Gasteiger partial charge < -0.3 is 24.3 Å². The van der Waals surface area contributed by atoms with Crippen molar-refractivity contribution in [2.24, 2.45) is 5.41 Å². The predicted molar refractivity (Wildman–Crippen MR) is 200 cm³/mol. The number of piperazine rings is 1. The first-order valence-corrected chi connectivity index (χ1v) is 18.3. The second-order valence-electron chi connectivity index (χ2n) is 13.4. The number of methoxy groups -OCH3 is 1. The first kappa shape index (κ1) is 39.2. The maximum Gasteiger partial charge on any atom is 0.204 e. The van der Waals surface area contributed by atoms with Crippen molar-refractivity contribution in [1.29, 1.82) is 0 Å². The highest BCUT2D eigenvalue weighted by Crippen LogP contribution is 2.38. The van der Waals surface area contributed by atoms with Gasteiger partial charge in [0.1, 0.15) is 6.26 Å². The number of ether oxygens (including phenoxy) is 1. The summed E-state index contributed by atoms with van der Waals surface area (Å²) in [7, 11) is 5.89. The van der Waals surface area contributed by atoms with Crippen molar-refractivity contribution in [2.75, 3.05) is 70.7 Å². The minimum Gasteiger partial charge on any atom is -0.490 e. The molecular formula is C35H55N9O2S2. The van der Waals surface area contributed by atoms with E-state index in [2.05, 4.69) is 115 Å². The van der Waals surface area contributed by atoms with Crippen LogP contribution in [0.2, 0.25) is 0 Å². The van der Waals surface area contributed by atoms with Crippen molar-refractivity contribution in [1.82, 2.24) is 34.9 Å². The lowest BCUT2D eigenvalue weighted by Gasteiger charge is -2.36. The Morgan fingerprint density at radius 1 is 1.02 bits per heavy atom. The van der Waals surface area contributed by atoms with E-state index in [-0.39, 0.29) is 0 Å². The molecule has 0 aliphatic carbocycles. The number of aryl methyl sites for hydroxylation is 1. The van der Waals surface area contributed by atoms with E-state index >= 15 is 0 Å². The van der Waals surface area contributed by atoms with Crippen molar-refractivity contribution >= 4 is 41.0 Å². The average Bonchev–Trinajstić information content (AvgIpc) is 3.71. The van der Waals surface area contributed by atoms with Gasteiger partial charge in [0.25, 0.3) is 0 Å². The molecule has 5 rings (SSSR count). The lowest BCUT2D eigenvalue weighted by molar-refractivity contribution is 0.228. The summed E-state index contributed by atoms with van der Waals surface area (Å²) in [6.07, 6.45) is 4.51. The molecule has 11 nitrogen and oxygen atoms in total. The summed E-state index contributed by atoms with van der Waals surface area (Å²) in [6, 6.07) is 10.3. The number of likely N-dealkylation sites (N-methyl/N-ethyl adjacent to an activating group) is 1. The van der Waals surface area contributed by atoms with E-state index in [9.17, 15) is 0 Å². The average molecular weight is 698 g/mol. The molecule has 3 aromatic heterocycles. The van der Waals surface area contributed by atoms with E-state index in [1.807, 2.05) is 13.0 Å². The van der Waals surface area contributed by atoms with Gasteiger partial charge in [0.2, 0.25) is 11.6 Å². The van der Waals surface area contributed by atoms with Crippen molar-refractivity contribution < 1.29 is 9.15 Å². The molecule has 0 radical (unpaired) electrons. The maximum atomic E-state index is 5.88. The third-order valence-corrected chi connectivity index (χ3v) is 8.27. The number of aromatic nitrogens is 5. The van der Waals surface area contributed by atoms with Crippen LogP contribution in [0.25, 0.3) is 0 Å². The van der Waals surface area contributed by atoms with Crippen LogP contribution in [0.1, 0.15) is 59.5 Å². The number of oxazole rings is 1. The van der Waals surface area contributed by atoms with Gasteiger partial charge in [0.05, 0.1) is 19.1 Å². The molecule has 1 fully saturated rings. The Morgan fingerprint density at radius 3 is 2.21 bits per heavy atom. The second kappa shape index (κ2) is 19.7. The summed E-state index contributed by atoms with van der Waals surface area (Å²) in [5.41, 5.74) is 1.46. The van der Waals surface area contributed by atoms with E-state index in [0.29, 0.717) is 39.6 Å². The van der Waals surface area contributed by atoms with Crippen LogP contribution in [0.15, 0.2) is 62.2 Å². The molecule has 0 spiro atoms. The smallest absolute Gasteiger partial charge is 0.204 e. The number of hydrogen-bond donors (Lipinski definition) is 2. The fourth-order valence-electron chi connectivity index (χ4n) is 4.26. The number of nitrogens with one attached hydrogen (secondary N) is 2. The third kappa shape index (κ3) is 14.1. The van der Waals surface area contributed by atoms with Gasteiger partial charge in [-0.2, -0.15) is 5.10 Å². The molecule has 48 heavy (non-hydrogen) atoms. The molecule has 0 bridgehead atoms. The van der Waals surface area contributed by atoms with Crippen molar-refractivity contribution in [3.05, 3.63) is 54.4 Å². The number of benzene rings is 1. The molecule has 0 amide bonds. The van der Waals surface area contributed by atoms with Crippen LogP contribution in [-0.4, -0.2) is 95.4 Å². The molecule has 0 unspecified atom stereocenters. The normalized spacial score (nSPS) is 13.4. The lowest BCUT2D eigenvalue weighted by atomic mass is 10.0. The molecule has 1 aliphatic rings. The predicted octanol–water partition coefficient (Wildman–Crippen LogP) is 7.84. The van der Waals surface area contributed by atoms with Gasteiger partial charge in [-0.3, -0.25) is 10.00 Å². The number of anilines is 3. The Hall–Kier alpha value is -3.26. The lowest BCUT2D eigenvalue weighted by Crippen LogP contribution is -2.48. The molecule has 4 aromatic rings. The molecule has 2 N–H and O–H groups in total. The summed E-state index contributed by atoms with van der Waals surface area (Å²) >= 11 is 3.21. The Morgan fingerprint density at radius 2 is 1.67 bits per heavy atom. The summed E-state index contributed by atoms with van der Waals surface area (Å²) in [5.74, 6) is 4.08. The van der Waals surface area contributed by atoms with Crippen LogP contribution in [0, 0.1) is 12.3 Å². The first-order chi connectivity index (χ1) is 22.9. The standard InChI is InChI=1S/C27H35N9O2S2.C5H12.C3H8/c1-19-17-22(33-32-19)29-25-24(37-4)26(36-14-12-35(13-15-36)11-10-34(2)3)31-27(30-25)40-21-7-5-20(6-8-21)39-18-23-28-9-16-38-23;1-5(2,3)4;1-3-2/h5-9,16-17H,10-15,18H2,1-4H3,(H2,29,30,31,32,33);1-4H3;3H2,1-2H3. The molecule has 4 heterocycles. The minimum atomic E-state index is 0.500. The van der Waals surface area contributed by atoms with E-state index < -0.39 is 0 Å². The van der Waals surface area contributed by atoms with Gasteiger partial charge >= 0.3 is 0 Å². The zero-order valence-electron chi connectivity index (χ0n) is 30.5. The van der Waals surface area contributed by atoms with E-state index in [1.165, 1.54) is 18.2 Å². The van der Waals surface area contributed by atoms with Crippen molar-refractivity contribution in [2.45, 2.75) is 75.6 Å². The fourth-order valence-corrected chi connectivity index (χ4v) is 5.77. The minimum absolute atomic E-state index is 0.500. The van der Waals surface area contributed by atoms with Crippen LogP contribution < -0.4 is 15.0 Å².